The summed E-state index contributed by atoms with van der Waals surface area (Å²) in [5.74, 6) is -1.19. The van der Waals surface area contributed by atoms with E-state index in [1.807, 2.05) is 56.3 Å². The maximum atomic E-state index is 13.9. The molecule has 230 valence electrons. The van der Waals surface area contributed by atoms with Crippen LogP contribution in [0.4, 0.5) is 5.69 Å². The van der Waals surface area contributed by atoms with Crippen LogP contribution in [0.2, 0.25) is 0 Å². The van der Waals surface area contributed by atoms with E-state index in [1.54, 1.807) is 30.3 Å². The molecule has 11 heteroatoms. The first kappa shape index (κ1) is 28.6. The number of carbonyl (C=O) groups excluding carboxylic acids is 3. The predicted molar refractivity (Wildman–Crippen MR) is 161 cm³/mol. The number of anilines is 1. The number of nitrogens with zero attached hydrogens (tertiary/aromatic N) is 1. The molecule has 3 aliphatic rings. The van der Waals surface area contributed by atoms with E-state index < -0.39 is 47.6 Å². The van der Waals surface area contributed by atoms with E-state index in [0.29, 0.717) is 16.9 Å². The molecule has 11 nitrogen and oxygen atoms in total. The minimum Gasteiger partial charge on any atom is -0.469 e. The first-order valence-corrected chi connectivity index (χ1v) is 14.8. The van der Waals surface area contributed by atoms with Crippen LogP contribution in [0.25, 0.3) is 0 Å². The minimum absolute atomic E-state index is 0.0205. The quantitative estimate of drug-likeness (QED) is 0.249. The summed E-state index contributed by atoms with van der Waals surface area (Å²) in [5, 5.41) is 20.0. The monoisotopic (exact) mass is 608 g/mol. The van der Waals surface area contributed by atoms with Crippen LogP contribution in [-0.4, -0.2) is 47.3 Å². The number of esters is 1. The number of rotatable bonds is 5. The number of ether oxygens (including phenoxy) is 2. The zero-order chi connectivity index (χ0) is 31.5. The Morgan fingerprint density at radius 3 is 2.56 bits per heavy atom. The van der Waals surface area contributed by atoms with Crippen molar-refractivity contribution >= 4 is 23.5 Å². The molecule has 5 atom stereocenters. The Labute approximate surface area is 258 Å². The molecule has 1 aromatic heterocycles. The van der Waals surface area contributed by atoms with Crippen molar-refractivity contribution in [1.82, 2.24) is 15.6 Å². The van der Waals surface area contributed by atoms with Gasteiger partial charge in [-0.1, -0.05) is 74.5 Å². The van der Waals surface area contributed by atoms with Gasteiger partial charge in [-0.2, -0.15) is 0 Å². The van der Waals surface area contributed by atoms with Crippen LogP contribution in [0.5, 0.6) is 5.75 Å². The zero-order valence-corrected chi connectivity index (χ0v) is 24.9. The highest BCUT2D eigenvalue weighted by atomic mass is 16.5. The number of nitrogens with one attached hydrogen (secondary N) is 3. The van der Waals surface area contributed by atoms with E-state index in [9.17, 15) is 19.5 Å². The second-order valence-electron chi connectivity index (χ2n) is 11.9. The van der Waals surface area contributed by atoms with Gasteiger partial charge >= 0.3 is 5.97 Å². The molecule has 4 heterocycles. The van der Waals surface area contributed by atoms with Crippen LogP contribution in [0.3, 0.4) is 0 Å². The second-order valence-corrected chi connectivity index (χ2v) is 11.9. The summed E-state index contributed by atoms with van der Waals surface area (Å²) in [5.41, 5.74) is 2.34. The first-order chi connectivity index (χ1) is 21.7. The largest absolute Gasteiger partial charge is 0.469 e. The van der Waals surface area contributed by atoms with Crippen LogP contribution in [0, 0.1) is 5.92 Å². The summed E-state index contributed by atoms with van der Waals surface area (Å²) in [7, 11) is 1.28. The summed E-state index contributed by atoms with van der Waals surface area (Å²) in [6.45, 7) is 3.77. The van der Waals surface area contributed by atoms with Gasteiger partial charge in [-0.05, 0) is 34.7 Å². The molecule has 4 bridgehead atoms. The van der Waals surface area contributed by atoms with Crippen LogP contribution < -0.4 is 20.7 Å². The molecular weight excluding hydrogens is 576 g/mol. The highest BCUT2D eigenvalue weighted by Gasteiger charge is 2.61. The van der Waals surface area contributed by atoms with Gasteiger partial charge in [0.05, 0.1) is 7.11 Å². The second kappa shape index (κ2) is 10.8. The van der Waals surface area contributed by atoms with Gasteiger partial charge in [0, 0.05) is 17.7 Å². The summed E-state index contributed by atoms with van der Waals surface area (Å²) in [6, 6.07) is 19.9. The summed E-state index contributed by atoms with van der Waals surface area (Å²) >= 11 is 0. The molecule has 0 aliphatic carbocycles. The molecule has 45 heavy (non-hydrogen) atoms. The topological polar surface area (TPSA) is 152 Å². The van der Waals surface area contributed by atoms with Crippen molar-refractivity contribution in [2.45, 2.75) is 50.1 Å². The number of amides is 2. The van der Waals surface area contributed by atoms with Crippen LogP contribution in [0.15, 0.2) is 77.2 Å². The van der Waals surface area contributed by atoms with Crippen molar-refractivity contribution in [2.24, 2.45) is 5.92 Å². The lowest BCUT2D eigenvalue weighted by molar-refractivity contribution is -0.134. The van der Waals surface area contributed by atoms with Gasteiger partial charge in [0.25, 0.3) is 5.91 Å². The smallest absolute Gasteiger partial charge is 0.360 e. The number of fused-ring (bicyclic) bond motifs is 4. The standard InChI is InChI=1S/C34H32N4O7/c1-17(2)25-31-38-26(32(42)43-3)28(45-31)34-20-11-7-8-12-22(20)36-33(34)44-24-14-13-18(15-21(24)34)16-23(29(40)37-25)35-30(41)27(39)19-9-5-4-6-10-19/h4-15,17,23,25,27,33,36,39H,16H2,1-3H3,(H,35,41)(H,37,40)/t23?,25-,27-,33?,34?/m0/s1. The summed E-state index contributed by atoms with van der Waals surface area (Å²) in [4.78, 5) is 45.1. The number of aromatic nitrogens is 1. The fraction of sp³-hybridized carbons (Fsp3) is 0.294. The highest BCUT2D eigenvalue weighted by Crippen LogP contribution is 2.58. The third kappa shape index (κ3) is 4.45. The molecule has 0 saturated heterocycles. The van der Waals surface area contributed by atoms with Gasteiger partial charge in [0.15, 0.2) is 23.8 Å². The van der Waals surface area contributed by atoms with Crippen molar-refractivity contribution in [3.8, 4) is 5.75 Å². The Morgan fingerprint density at radius 2 is 1.80 bits per heavy atom. The molecule has 4 N–H and O–H groups in total. The lowest BCUT2D eigenvalue weighted by Gasteiger charge is -2.29. The zero-order valence-electron chi connectivity index (χ0n) is 24.9. The van der Waals surface area contributed by atoms with E-state index >= 15 is 0 Å². The Kier molecular flexibility index (Phi) is 6.85. The number of methoxy groups -OCH3 is 1. The van der Waals surface area contributed by atoms with Crippen molar-refractivity contribution in [1.29, 1.82) is 0 Å². The van der Waals surface area contributed by atoms with Crippen LogP contribution in [0.1, 0.15) is 70.4 Å². The molecule has 4 aromatic rings. The molecule has 0 saturated carbocycles. The Hall–Kier alpha value is -5.16. The number of oxazole rings is 1. The van der Waals surface area contributed by atoms with E-state index in [0.717, 1.165) is 16.8 Å². The molecule has 0 fully saturated rings. The molecule has 7 rings (SSSR count). The SMILES string of the molecule is COC(=O)c1nc2oc1C13c4ccccc4NC1Oc1ccc(cc13)CC(NC(=O)[C@@H](O)c1ccccc1)C(=O)N[C@H]2C(C)C. The fourth-order valence-corrected chi connectivity index (χ4v) is 6.58. The Bertz CT molecular complexity index is 1820. The third-order valence-corrected chi connectivity index (χ3v) is 8.79. The molecule has 3 unspecified atom stereocenters. The van der Waals surface area contributed by atoms with E-state index in [4.69, 9.17) is 13.9 Å². The maximum absolute atomic E-state index is 13.9. The molecule has 0 radical (unpaired) electrons. The van der Waals surface area contributed by atoms with E-state index in [-0.39, 0.29) is 29.7 Å². The number of hydrogen-bond donors (Lipinski definition) is 4. The normalized spacial score (nSPS) is 23.3. The van der Waals surface area contributed by atoms with Crippen molar-refractivity contribution in [3.05, 3.63) is 112 Å². The number of aliphatic hydroxyl groups excluding tert-OH is 1. The molecule has 2 amide bonds. The average molecular weight is 609 g/mol. The van der Waals surface area contributed by atoms with Gasteiger partial charge in [0.2, 0.25) is 11.8 Å². The fourth-order valence-electron chi connectivity index (χ4n) is 6.58. The van der Waals surface area contributed by atoms with E-state index in [2.05, 4.69) is 20.9 Å². The Morgan fingerprint density at radius 1 is 1.04 bits per heavy atom. The lowest BCUT2D eigenvalue weighted by atomic mass is 9.72. The molecule has 1 spiro atoms. The molecule has 3 aliphatic heterocycles. The van der Waals surface area contributed by atoms with Crippen LogP contribution in [-0.2, 0) is 26.2 Å². The molecule has 3 aromatic carbocycles. The number of para-hydroxylation sites is 1. The van der Waals surface area contributed by atoms with Gasteiger partial charge in [0.1, 0.15) is 23.2 Å². The third-order valence-electron chi connectivity index (χ3n) is 8.79. The van der Waals surface area contributed by atoms with Gasteiger partial charge in [-0.15, -0.1) is 0 Å². The predicted octanol–water partition coefficient (Wildman–Crippen LogP) is 3.53. The minimum atomic E-state index is -1.48. The van der Waals surface area contributed by atoms with E-state index in [1.165, 1.54) is 7.11 Å². The highest BCUT2D eigenvalue weighted by molar-refractivity contribution is 5.92. The van der Waals surface area contributed by atoms with Gasteiger partial charge in [-0.25, -0.2) is 9.78 Å². The summed E-state index contributed by atoms with van der Waals surface area (Å²) < 4.78 is 18.2. The number of hydrogen-bond acceptors (Lipinski definition) is 9. The van der Waals surface area contributed by atoms with Crippen molar-refractivity contribution < 1.29 is 33.4 Å². The van der Waals surface area contributed by atoms with Gasteiger partial charge in [-0.3, -0.25) is 9.59 Å². The molecular formula is C34H32N4O7. The number of benzene rings is 3. The number of carbonyl (C=O) groups is 3. The lowest BCUT2D eigenvalue weighted by Crippen LogP contribution is -2.50. The van der Waals surface area contributed by atoms with Crippen molar-refractivity contribution in [3.63, 3.8) is 0 Å². The maximum Gasteiger partial charge on any atom is 0.360 e. The Balaban J connectivity index is 1.41. The first-order valence-electron chi connectivity index (χ1n) is 14.8. The number of aliphatic hydroxyl groups is 1. The average Bonchev–Trinajstić information content (AvgIpc) is 3.71. The summed E-state index contributed by atoms with van der Waals surface area (Å²) in [6.07, 6.45) is -2.03. The van der Waals surface area contributed by atoms with Crippen molar-refractivity contribution in [2.75, 3.05) is 12.4 Å². The van der Waals surface area contributed by atoms with Crippen LogP contribution >= 0.6 is 0 Å². The van der Waals surface area contributed by atoms with Gasteiger partial charge < -0.3 is 34.9 Å².